The van der Waals surface area contributed by atoms with Crippen molar-refractivity contribution in [1.82, 2.24) is 9.38 Å². The summed E-state index contributed by atoms with van der Waals surface area (Å²) < 4.78 is 1.97. The molecule has 3 rings (SSSR count). The second-order valence-corrected chi connectivity index (χ2v) is 5.03. The van der Waals surface area contributed by atoms with E-state index in [1.165, 1.54) is 5.69 Å². The second-order valence-electron chi connectivity index (χ2n) is 5.03. The molecule has 0 atom stereocenters. The number of nitrogens with zero attached hydrogens (tertiary/aromatic N) is 3. The Morgan fingerprint density at radius 1 is 1.15 bits per heavy atom. The predicted molar refractivity (Wildman–Crippen MR) is 80.9 cm³/mol. The first-order valence-electron chi connectivity index (χ1n) is 6.53. The van der Waals surface area contributed by atoms with Gasteiger partial charge in [0.1, 0.15) is 5.65 Å². The Kier molecular flexibility index (Phi) is 3.16. The number of aliphatic hydroxyl groups is 1. The van der Waals surface area contributed by atoms with Gasteiger partial charge in [-0.2, -0.15) is 0 Å². The summed E-state index contributed by atoms with van der Waals surface area (Å²) in [7, 11) is 4.05. The van der Waals surface area contributed by atoms with E-state index in [-0.39, 0.29) is 6.61 Å². The van der Waals surface area contributed by atoms with Gasteiger partial charge < -0.3 is 14.4 Å². The number of anilines is 1. The molecule has 1 N–H and O–H groups in total. The first-order chi connectivity index (χ1) is 9.67. The molecule has 2 heterocycles. The van der Waals surface area contributed by atoms with Gasteiger partial charge in [0.05, 0.1) is 12.3 Å². The molecule has 4 nitrogen and oxygen atoms in total. The van der Waals surface area contributed by atoms with Gasteiger partial charge in [0, 0.05) is 37.7 Å². The highest BCUT2D eigenvalue weighted by Crippen LogP contribution is 2.22. The highest BCUT2D eigenvalue weighted by Gasteiger charge is 2.05. The van der Waals surface area contributed by atoms with E-state index in [9.17, 15) is 0 Å². The molecule has 20 heavy (non-hydrogen) atoms. The first-order valence-corrected chi connectivity index (χ1v) is 6.53. The van der Waals surface area contributed by atoms with E-state index in [0.29, 0.717) is 0 Å². The fraction of sp³-hybridized carbons (Fsp3) is 0.188. The lowest BCUT2D eigenvalue weighted by Gasteiger charge is -2.12. The maximum Gasteiger partial charge on any atom is 0.137 e. The molecule has 0 aliphatic rings. The lowest BCUT2D eigenvalue weighted by Crippen LogP contribution is -2.07. The van der Waals surface area contributed by atoms with Gasteiger partial charge in [0.15, 0.2) is 0 Å². The van der Waals surface area contributed by atoms with E-state index in [1.807, 2.05) is 43.0 Å². The molecular formula is C16H17N3O. The highest BCUT2D eigenvalue weighted by atomic mass is 16.3. The second kappa shape index (κ2) is 4.98. The van der Waals surface area contributed by atoms with Gasteiger partial charge in [-0.25, -0.2) is 4.98 Å². The van der Waals surface area contributed by atoms with Crippen molar-refractivity contribution in [2.75, 3.05) is 19.0 Å². The molecule has 0 unspecified atom stereocenters. The zero-order chi connectivity index (χ0) is 14.1. The summed E-state index contributed by atoms with van der Waals surface area (Å²) in [6.07, 6.45) is 3.92. The van der Waals surface area contributed by atoms with Crippen molar-refractivity contribution < 1.29 is 5.11 Å². The van der Waals surface area contributed by atoms with Crippen LogP contribution in [0.15, 0.2) is 48.8 Å². The minimum absolute atomic E-state index is 0.0379. The Labute approximate surface area is 117 Å². The number of imidazole rings is 1. The summed E-state index contributed by atoms with van der Waals surface area (Å²) in [6, 6.07) is 12.1. The van der Waals surface area contributed by atoms with Crippen LogP contribution in [0.5, 0.6) is 0 Å². The Balaban J connectivity index is 2.01. The van der Waals surface area contributed by atoms with Gasteiger partial charge in [0.2, 0.25) is 0 Å². The van der Waals surface area contributed by atoms with Gasteiger partial charge in [-0.05, 0) is 29.8 Å². The third-order valence-corrected chi connectivity index (χ3v) is 3.39. The molecule has 3 aromatic rings. The van der Waals surface area contributed by atoms with Gasteiger partial charge in [-0.3, -0.25) is 0 Å². The normalized spacial score (nSPS) is 10.9. The maximum atomic E-state index is 9.16. The summed E-state index contributed by atoms with van der Waals surface area (Å²) >= 11 is 0. The predicted octanol–water partition coefficient (Wildman–Crippen LogP) is 2.56. The van der Waals surface area contributed by atoms with Gasteiger partial charge in [0.25, 0.3) is 0 Å². The SMILES string of the molecule is CN(C)c1ccc(-c2cn3ccc(CO)cc3n2)cc1. The molecule has 0 bridgehead atoms. The lowest BCUT2D eigenvalue weighted by molar-refractivity contribution is 0.282. The average Bonchev–Trinajstić information content (AvgIpc) is 2.90. The van der Waals surface area contributed by atoms with Crippen LogP contribution in [0.2, 0.25) is 0 Å². The number of aliphatic hydroxyl groups excluding tert-OH is 1. The fourth-order valence-corrected chi connectivity index (χ4v) is 2.19. The molecule has 0 radical (unpaired) electrons. The number of hydrogen-bond acceptors (Lipinski definition) is 3. The largest absolute Gasteiger partial charge is 0.392 e. The number of pyridine rings is 1. The van der Waals surface area contributed by atoms with Gasteiger partial charge in [-0.1, -0.05) is 12.1 Å². The van der Waals surface area contributed by atoms with Crippen molar-refractivity contribution in [1.29, 1.82) is 0 Å². The summed E-state index contributed by atoms with van der Waals surface area (Å²) in [5.74, 6) is 0. The Morgan fingerprint density at radius 2 is 1.90 bits per heavy atom. The number of rotatable bonds is 3. The molecule has 0 aliphatic heterocycles. The van der Waals surface area contributed by atoms with Gasteiger partial charge >= 0.3 is 0 Å². The molecule has 1 aromatic carbocycles. The topological polar surface area (TPSA) is 40.8 Å². The first kappa shape index (κ1) is 12.7. The molecule has 0 saturated carbocycles. The standard InChI is InChI=1S/C16H17N3O/c1-18(2)14-5-3-13(4-6-14)15-10-19-8-7-12(11-20)9-16(19)17-15/h3-10,20H,11H2,1-2H3. The third-order valence-electron chi connectivity index (χ3n) is 3.39. The van der Waals surface area contributed by atoms with Crippen molar-refractivity contribution >= 4 is 11.3 Å². The van der Waals surface area contributed by atoms with Crippen molar-refractivity contribution in [2.24, 2.45) is 0 Å². The van der Waals surface area contributed by atoms with E-state index in [1.54, 1.807) is 0 Å². The molecule has 0 saturated heterocycles. The van der Waals surface area contributed by atoms with Crippen LogP contribution in [0, 0.1) is 0 Å². The molecule has 0 fully saturated rings. The van der Waals surface area contributed by atoms with E-state index in [0.717, 1.165) is 22.5 Å². The van der Waals surface area contributed by atoms with Crippen molar-refractivity contribution in [3.8, 4) is 11.3 Å². The Bertz CT molecular complexity index is 729. The third kappa shape index (κ3) is 2.26. The molecule has 2 aromatic heterocycles. The zero-order valence-corrected chi connectivity index (χ0v) is 11.6. The number of aromatic nitrogens is 2. The van der Waals surface area contributed by atoms with Crippen molar-refractivity contribution in [3.63, 3.8) is 0 Å². The molecule has 0 aliphatic carbocycles. The Morgan fingerprint density at radius 3 is 2.55 bits per heavy atom. The molecule has 4 heteroatoms. The number of hydrogen-bond donors (Lipinski definition) is 1. The minimum atomic E-state index is 0.0379. The smallest absolute Gasteiger partial charge is 0.137 e. The van der Waals surface area contributed by atoms with Crippen LogP contribution in [-0.4, -0.2) is 28.6 Å². The minimum Gasteiger partial charge on any atom is -0.392 e. The Hall–Kier alpha value is -2.33. The summed E-state index contributed by atoms with van der Waals surface area (Å²) in [5, 5.41) is 9.16. The van der Waals surface area contributed by atoms with Crippen LogP contribution in [0.4, 0.5) is 5.69 Å². The monoisotopic (exact) mass is 267 g/mol. The number of benzene rings is 1. The van der Waals surface area contributed by atoms with Crippen LogP contribution in [0.3, 0.4) is 0 Å². The van der Waals surface area contributed by atoms with E-state index in [2.05, 4.69) is 34.1 Å². The zero-order valence-electron chi connectivity index (χ0n) is 11.6. The molecular weight excluding hydrogens is 250 g/mol. The van der Waals surface area contributed by atoms with Crippen molar-refractivity contribution in [2.45, 2.75) is 6.61 Å². The fourth-order valence-electron chi connectivity index (χ4n) is 2.19. The van der Waals surface area contributed by atoms with Crippen LogP contribution >= 0.6 is 0 Å². The molecule has 0 amide bonds. The summed E-state index contributed by atoms with van der Waals surface area (Å²) in [4.78, 5) is 6.67. The highest BCUT2D eigenvalue weighted by molar-refractivity contribution is 5.65. The summed E-state index contributed by atoms with van der Waals surface area (Å²) in [5.41, 5.74) is 4.91. The molecule has 0 spiro atoms. The quantitative estimate of drug-likeness (QED) is 0.793. The maximum absolute atomic E-state index is 9.16. The average molecular weight is 267 g/mol. The van der Waals surface area contributed by atoms with E-state index in [4.69, 9.17) is 5.11 Å². The molecule has 102 valence electrons. The van der Waals surface area contributed by atoms with Crippen LogP contribution < -0.4 is 4.90 Å². The van der Waals surface area contributed by atoms with E-state index < -0.39 is 0 Å². The van der Waals surface area contributed by atoms with Crippen LogP contribution in [0.25, 0.3) is 16.9 Å². The number of fused-ring (bicyclic) bond motifs is 1. The van der Waals surface area contributed by atoms with Crippen LogP contribution in [0.1, 0.15) is 5.56 Å². The summed E-state index contributed by atoms with van der Waals surface area (Å²) in [6.45, 7) is 0.0379. The van der Waals surface area contributed by atoms with Crippen molar-refractivity contribution in [3.05, 3.63) is 54.4 Å². The van der Waals surface area contributed by atoms with E-state index >= 15 is 0 Å². The lowest BCUT2D eigenvalue weighted by atomic mass is 10.1. The van der Waals surface area contributed by atoms with Crippen LogP contribution in [-0.2, 0) is 6.61 Å². The van der Waals surface area contributed by atoms with Gasteiger partial charge in [-0.15, -0.1) is 0 Å².